The molecule has 0 aliphatic heterocycles. The van der Waals surface area contributed by atoms with Gasteiger partial charge in [-0.05, 0) is 53.7 Å². The van der Waals surface area contributed by atoms with Crippen LogP contribution in [0.4, 0.5) is 0 Å². The van der Waals surface area contributed by atoms with Gasteiger partial charge in [0, 0.05) is 16.6 Å². The van der Waals surface area contributed by atoms with Gasteiger partial charge in [-0.1, -0.05) is 15.9 Å². The van der Waals surface area contributed by atoms with E-state index in [1.54, 1.807) is 12.1 Å². The second-order valence-corrected chi connectivity index (χ2v) is 8.13. The first-order valence-corrected chi connectivity index (χ1v) is 10.0. The molecule has 140 valence electrons. The molecule has 0 bridgehead atoms. The van der Waals surface area contributed by atoms with E-state index in [0.29, 0.717) is 11.5 Å². The summed E-state index contributed by atoms with van der Waals surface area (Å²) in [6.07, 6.45) is -0.293. The van der Waals surface area contributed by atoms with Crippen molar-refractivity contribution in [2.75, 3.05) is 6.54 Å². The maximum Gasteiger partial charge on any atom is 0.304 e. The number of sulfonamides is 1. The van der Waals surface area contributed by atoms with Crippen molar-refractivity contribution in [3.63, 3.8) is 0 Å². The highest BCUT2D eigenvalue weighted by Gasteiger charge is 2.15. The predicted molar refractivity (Wildman–Crippen MR) is 99.7 cm³/mol. The van der Waals surface area contributed by atoms with E-state index in [1.807, 2.05) is 24.3 Å². The third-order valence-electron chi connectivity index (χ3n) is 3.52. The summed E-state index contributed by atoms with van der Waals surface area (Å²) >= 11 is 3.36. The molecular weight excluding hydrogens is 438 g/mol. The number of aromatic nitrogens is 4. The molecule has 1 heterocycles. The minimum atomic E-state index is -3.78. The van der Waals surface area contributed by atoms with Gasteiger partial charge in [0.1, 0.15) is 0 Å². The van der Waals surface area contributed by atoms with Crippen molar-refractivity contribution in [1.29, 1.82) is 0 Å². The van der Waals surface area contributed by atoms with Gasteiger partial charge in [-0.2, -0.15) is 0 Å². The van der Waals surface area contributed by atoms with Crippen LogP contribution in [-0.4, -0.2) is 46.2 Å². The number of nitrogens with zero attached hydrogens (tertiary/aromatic N) is 4. The molecule has 2 aromatic carbocycles. The number of halogens is 1. The molecule has 2 N–H and O–H groups in total. The van der Waals surface area contributed by atoms with Crippen LogP contribution in [0.3, 0.4) is 0 Å². The second kappa shape index (κ2) is 7.94. The number of tetrazole rings is 1. The number of benzene rings is 2. The lowest BCUT2D eigenvalue weighted by Gasteiger charge is -2.06. The third kappa shape index (κ3) is 4.76. The largest absolute Gasteiger partial charge is 0.481 e. The van der Waals surface area contributed by atoms with Gasteiger partial charge in [0.2, 0.25) is 15.8 Å². The Morgan fingerprint density at radius 3 is 2.41 bits per heavy atom. The average Bonchev–Trinajstić information content (AvgIpc) is 3.12. The smallest absolute Gasteiger partial charge is 0.304 e. The van der Waals surface area contributed by atoms with Gasteiger partial charge < -0.3 is 5.11 Å². The van der Waals surface area contributed by atoms with Crippen LogP contribution in [0.5, 0.6) is 0 Å². The van der Waals surface area contributed by atoms with Crippen LogP contribution in [0.2, 0.25) is 0 Å². The highest BCUT2D eigenvalue weighted by molar-refractivity contribution is 9.10. The van der Waals surface area contributed by atoms with Crippen molar-refractivity contribution in [2.45, 2.75) is 11.3 Å². The van der Waals surface area contributed by atoms with Crippen LogP contribution in [-0.2, 0) is 14.8 Å². The first kappa shape index (κ1) is 19.1. The van der Waals surface area contributed by atoms with E-state index in [4.69, 9.17) is 5.11 Å². The Morgan fingerprint density at radius 1 is 1.11 bits per heavy atom. The monoisotopic (exact) mass is 451 g/mol. The number of hydrogen-bond donors (Lipinski definition) is 2. The number of hydrogen-bond acceptors (Lipinski definition) is 6. The number of nitrogens with one attached hydrogen (secondary N) is 1. The van der Waals surface area contributed by atoms with E-state index in [1.165, 1.54) is 16.9 Å². The quantitative estimate of drug-likeness (QED) is 0.560. The van der Waals surface area contributed by atoms with Crippen LogP contribution in [0.1, 0.15) is 6.42 Å². The van der Waals surface area contributed by atoms with Gasteiger partial charge in [-0.3, -0.25) is 4.79 Å². The molecule has 0 amide bonds. The van der Waals surface area contributed by atoms with Gasteiger partial charge in [-0.25, -0.2) is 13.1 Å². The fourth-order valence-corrected chi connectivity index (χ4v) is 3.47. The summed E-state index contributed by atoms with van der Waals surface area (Å²) in [6, 6.07) is 13.3. The number of aliphatic carboxylic acids is 1. The normalized spacial score (nSPS) is 11.4. The molecule has 0 atom stereocenters. The van der Waals surface area contributed by atoms with E-state index in [0.717, 1.165) is 10.0 Å². The summed E-state index contributed by atoms with van der Waals surface area (Å²) < 4.78 is 27.4. The summed E-state index contributed by atoms with van der Waals surface area (Å²) in [6.45, 7) is -0.180. The van der Waals surface area contributed by atoms with E-state index in [2.05, 4.69) is 36.1 Å². The first-order valence-electron chi connectivity index (χ1n) is 7.73. The number of carboxylic acids is 1. The zero-order valence-electron chi connectivity index (χ0n) is 13.8. The second-order valence-electron chi connectivity index (χ2n) is 5.44. The predicted octanol–water partition coefficient (Wildman–Crippen LogP) is 1.84. The van der Waals surface area contributed by atoms with Crippen molar-refractivity contribution in [3.05, 3.63) is 53.0 Å². The Morgan fingerprint density at radius 2 is 1.78 bits per heavy atom. The molecule has 1 aromatic heterocycles. The molecule has 9 nitrogen and oxygen atoms in total. The molecule has 0 radical (unpaired) electrons. The Kier molecular flexibility index (Phi) is 5.63. The maximum absolute atomic E-state index is 12.1. The molecule has 3 aromatic rings. The minimum absolute atomic E-state index is 0.0184. The molecule has 0 saturated heterocycles. The fourth-order valence-electron chi connectivity index (χ4n) is 2.17. The zero-order valence-corrected chi connectivity index (χ0v) is 16.2. The van der Waals surface area contributed by atoms with Gasteiger partial charge in [0.05, 0.1) is 17.0 Å². The summed E-state index contributed by atoms with van der Waals surface area (Å²) in [5, 5.41) is 20.9. The zero-order chi connectivity index (χ0) is 19.4. The summed E-state index contributed by atoms with van der Waals surface area (Å²) in [7, 11) is -3.78. The third-order valence-corrected chi connectivity index (χ3v) is 5.53. The molecule has 11 heteroatoms. The average molecular weight is 452 g/mol. The standard InChI is InChI=1S/C16H14BrN5O4S/c17-12-3-1-11(2-4-12)16-19-21-22(20-16)13-5-7-14(8-6-13)27(25,26)18-10-9-15(23)24/h1-8,18H,9-10H2,(H,23,24). The molecule has 0 aliphatic rings. The molecule has 0 fully saturated rings. The van der Waals surface area contributed by atoms with Crippen LogP contribution < -0.4 is 4.72 Å². The first-order chi connectivity index (χ1) is 12.8. The Balaban J connectivity index is 1.76. The minimum Gasteiger partial charge on any atom is -0.481 e. The Labute approximate surface area is 163 Å². The number of carbonyl (C=O) groups is 1. The molecule has 0 unspecified atom stereocenters. The summed E-state index contributed by atoms with van der Waals surface area (Å²) in [5.41, 5.74) is 1.33. The van der Waals surface area contributed by atoms with Crippen molar-refractivity contribution in [2.24, 2.45) is 0 Å². The fraction of sp³-hybridized carbons (Fsp3) is 0.125. The Bertz CT molecular complexity index is 1050. The van der Waals surface area contributed by atoms with Crippen molar-refractivity contribution in [1.82, 2.24) is 24.9 Å². The highest BCUT2D eigenvalue weighted by Crippen LogP contribution is 2.19. The van der Waals surface area contributed by atoms with Crippen molar-refractivity contribution >= 4 is 31.9 Å². The topological polar surface area (TPSA) is 127 Å². The lowest BCUT2D eigenvalue weighted by atomic mass is 10.2. The Hall–Kier alpha value is -2.63. The number of carboxylic acid groups (broad SMARTS) is 1. The summed E-state index contributed by atoms with van der Waals surface area (Å²) in [4.78, 5) is 11.8. The number of rotatable bonds is 7. The molecule has 0 saturated carbocycles. The van der Waals surface area contributed by atoms with Crippen LogP contribution in [0.15, 0.2) is 57.9 Å². The van der Waals surface area contributed by atoms with Crippen molar-refractivity contribution in [3.8, 4) is 17.1 Å². The van der Waals surface area contributed by atoms with E-state index >= 15 is 0 Å². The molecule has 0 aliphatic carbocycles. The SMILES string of the molecule is O=C(O)CCNS(=O)(=O)c1ccc(-n2nnc(-c3ccc(Br)cc3)n2)cc1. The van der Waals surface area contributed by atoms with Crippen LogP contribution in [0.25, 0.3) is 17.1 Å². The van der Waals surface area contributed by atoms with Crippen molar-refractivity contribution < 1.29 is 18.3 Å². The van der Waals surface area contributed by atoms with Gasteiger partial charge >= 0.3 is 5.97 Å². The maximum atomic E-state index is 12.1. The van der Waals surface area contributed by atoms with Crippen LogP contribution >= 0.6 is 15.9 Å². The van der Waals surface area contributed by atoms with Crippen LogP contribution in [0, 0.1) is 0 Å². The summed E-state index contributed by atoms with van der Waals surface area (Å²) in [5.74, 6) is -0.638. The van der Waals surface area contributed by atoms with Gasteiger partial charge in [-0.15, -0.1) is 15.0 Å². The van der Waals surface area contributed by atoms with Gasteiger partial charge in [0.15, 0.2) is 0 Å². The molecule has 0 spiro atoms. The van der Waals surface area contributed by atoms with Gasteiger partial charge in [0.25, 0.3) is 0 Å². The lowest BCUT2D eigenvalue weighted by molar-refractivity contribution is -0.136. The van der Waals surface area contributed by atoms with E-state index < -0.39 is 16.0 Å². The highest BCUT2D eigenvalue weighted by atomic mass is 79.9. The van der Waals surface area contributed by atoms with E-state index in [9.17, 15) is 13.2 Å². The molecular formula is C16H14BrN5O4S. The van der Waals surface area contributed by atoms with E-state index in [-0.39, 0.29) is 17.9 Å². The lowest BCUT2D eigenvalue weighted by Crippen LogP contribution is -2.26. The molecule has 3 rings (SSSR count). The molecule has 27 heavy (non-hydrogen) atoms.